The largest absolute Gasteiger partial charge is 0.456 e. The van der Waals surface area contributed by atoms with Crippen LogP contribution in [0.5, 0.6) is 0 Å². The van der Waals surface area contributed by atoms with Crippen LogP contribution in [-0.4, -0.2) is 4.57 Å². The molecule has 0 aliphatic rings. The van der Waals surface area contributed by atoms with Crippen molar-refractivity contribution in [3.8, 4) is 50.2 Å². The van der Waals surface area contributed by atoms with Crippen molar-refractivity contribution in [3.63, 3.8) is 0 Å². The summed E-state index contributed by atoms with van der Waals surface area (Å²) in [6.45, 7) is 0. The maximum atomic E-state index is 6.21. The fourth-order valence-corrected chi connectivity index (χ4v) is 10.5. The fraction of sp³-hybridized carbons (Fsp3) is 0. The van der Waals surface area contributed by atoms with Gasteiger partial charge in [0.25, 0.3) is 0 Å². The molecule has 14 rings (SSSR count). The molecule has 14 aromatic rings. The number of fused-ring (bicyclic) bond motifs is 9. The number of rotatable bonds is 8. The second-order valence-electron chi connectivity index (χ2n) is 18.1. The molecule has 0 spiro atoms. The monoisotopic (exact) mass is 894 g/mol. The van der Waals surface area contributed by atoms with E-state index in [0.717, 1.165) is 111 Å². The highest BCUT2D eigenvalue weighted by Crippen LogP contribution is 2.40. The summed E-state index contributed by atoms with van der Waals surface area (Å²) in [5.41, 5.74) is 19.6. The summed E-state index contributed by atoms with van der Waals surface area (Å²) < 4.78 is 14.8. The molecular weight excluding hydrogens is 853 g/mol. The maximum absolute atomic E-state index is 6.21. The summed E-state index contributed by atoms with van der Waals surface area (Å²) in [4.78, 5) is 2.35. The first-order chi connectivity index (χ1) is 34.7. The lowest BCUT2D eigenvalue weighted by atomic mass is 9.99. The predicted molar refractivity (Wildman–Crippen MR) is 292 cm³/mol. The fourth-order valence-electron chi connectivity index (χ4n) is 10.5. The van der Waals surface area contributed by atoms with Gasteiger partial charge in [0.05, 0.1) is 11.0 Å². The topological polar surface area (TPSA) is 34.5 Å². The van der Waals surface area contributed by atoms with E-state index in [1.807, 2.05) is 24.3 Å². The van der Waals surface area contributed by atoms with Crippen LogP contribution in [0.3, 0.4) is 0 Å². The number of aromatic nitrogens is 1. The number of benzene rings is 11. The molecule has 0 saturated heterocycles. The van der Waals surface area contributed by atoms with E-state index < -0.39 is 0 Å². The molecular formula is C66H42N2O2. The van der Waals surface area contributed by atoms with Gasteiger partial charge < -0.3 is 18.3 Å². The van der Waals surface area contributed by atoms with Gasteiger partial charge in [0.1, 0.15) is 22.3 Å². The van der Waals surface area contributed by atoms with E-state index in [4.69, 9.17) is 8.83 Å². The Labute approximate surface area is 404 Å². The number of hydrogen-bond acceptors (Lipinski definition) is 3. The number of hydrogen-bond donors (Lipinski definition) is 0. The van der Waals surface area contributed by atoms with Gasteiger partial charge in [0.2, 0.25) is 0 Å². The Balaban J connectivity index is 0.783. The molecule has 0 amide bonds. The third-order valence-corrected chi connectivity index (χ3v) is 14.1. The molecule has 70 heavy (non-hydrogen) atoms. The first kappa shape index (κ1) is 39.8. The highest BCUT2D eigenvalue weighted by Gasteiger charge is 2.17. The molecule has 11 aromatic carbocycles. The van der Waals surface area contributed by atoms with Gasteiger partial charge in [-0.2, -0.15) is 0 Å². The van der Waals surface area contributed by atoms with Gasteiger partial charge >= 0.3 is 0 Å². The minimum absolute atomic E-state index is 0.905. The number of anilines is 3. The first-order valence-corrected chi connectivity index (χ1v) is 23.8. The van der Waals surface area contributed by atoms with Crippen molar-refractivity contribution >= 4 is 82.7 Å². The van der Waals surface area contributed by atoms with E-state index in [2.05, 4.69) is 240 Å². The molecule has 3 aromatic heterocycles. The van der Waals surface area contributed by atoms with Crippen molar-refractivity contribution in [2.45, 2.75) is 0 Å². The molecule has 0 radical (unpaired) electrons. The Hall–Kier alpha value is -9.38. The SMILES string of the molecule is c1ccc2c(c1)oc1cc(-c3ccc(-c4ccc(N(c5ccc(-c6ccc(-c7ccc8c(c7)oc7ccccc78)cc6)cc5)c5ccc(-n6c7ccccc7c7ccccc76)cc5)cc4)cc3)ccc12. The third-order valence-electron chi connectivity index (χ3n) is 14.1. The average molecular weight is 895 g/mol. The van der Waals surface area contributed by atoms with Crippen LogP contribution in [0.1, 0.15) is 0 Å². The Morgan fingerprint density at radius 2 is 0.543 bits per heavy atom. The lowest BCUT2D eigenvalue weighted by molar-refractivity contribution is 0.668. The molecule has 0 unspecified atom stereocenters. The van der Waals surface area contributed by atoms with Crippen molar-refractivity contribution < 1.29 is 8.83 Å². The van der Waals surface area contributed by atoms with Crippen molar-refractivity contribution in [1.82, 2.24) is 4.57 Å². The van der Waals surface area contributed by atoms with E-state index in [-0.39, 0.29) is 0 Å². The smallest absolute Gasteiger partial charge is 0.136 e. The van der Waals surface area contributed by atoms with Gasteiger partial charge in [0, 0.05) is 55.1 Å². The van der Waals surface area contributed by atoms with Crippen LogP contribution >= 0.6 is 0 Å². The van der Waals surface area contributed by atoms with Crippen LogP contribution in [0.25, 0.3) is 116 Å². The van der Waals surface area contributed by atoms with Crippen LogP contribution in [-0.2, 0) is 0 Å². The maximum Gasteiger partial charge on any atom is 0.136 e. The van der Waals surface area contributed by atoms with Crippen molar-refractivity contribution in [2.75, 3.05) is 4.90 Å². The van der Waals surface area contributed by atoms with Crippen LogP contribution in [0.4, 0.5) is 17.1 Å². The third kappa shape index (κ3) is 6.69. The molecule has 0 saturated carbocycles. The number of nitrogens with zero attached hydrogens (tertiary/aromatic N) is 2. The average Bonchev–Trinajstić information content (AvgIpc) is 4.11. The van der Waals surface area contributed by atoms with Gasteiger partial charge in [-0.15, -0.1) is 0 Å². The Kier molecular flexibility index (Phi) is 9.17. The summed E-state index contributed by atoms with van der Waals surface area (Å²) in [6, 6.07) is 91.2. The Morgan fingerprint density at radius 1 is 0.243 bits per heavy atom. The molecule has 0 aliphatic carbocycles. The highest BCUT2D eigenvalue weighted by molar-refractivity contribution is 6.10. The van der Waals surface area contributed by atoms with E-state index >= 15 is 0 Å². The first-order valence-electron chi connectivity index (χ1n) is 23.8. The molecule has 3 heterocycles. The van der Waals surface area contributed by atoms with E-state index in [0.29, 0.717) is 0 Å². The molecule has 328 valence electrons. The van der Waals surface area contributed by atoms with Crippen molar-refractivity contribution in [1.29, 1.82) is 0 Å². The van der Waals surface area contributed by atoms with Gasteiger partial charge in [0.15, 0.2) is 0 Å². The summed E-state index contributed by atoms with van der Waals surface area (Å²) in [5.74, 6) is 0. The van der Waals surface area contributed by atoms with Crippen LogP contribution in [0, 0.1) is 0 Å². The Bertz CT molecular complexity index is 4000. The van der Waals surface area contributed by atoms with Crippen molar-refractivity contribution in [3.05, 3.63) is 255 Å². The molecule has 0 aliphatic heterocycles. The summed E-state index contributed by atoms with van der Waals surface area (Å²) in [5, 5.41) is 7.07. The molecule has 0 bridgehead atoms. The standard InChI is InChI=1S/C66H42N2O2/c1-5-13-61-55(9-1)56-10-2-6-14-62(56)68(61)54-37-35-53(36-38-54)67(51-31-25-45(26-32-51)43-17-21-47(22-18-43)49-29-39-59-57-11-3-7-15-63(57)69-65(59)41-49)52-33-27-46(28-34-52)44-19-23-48(24-20-44)50-30-40-60-58-12-4-8-16-64(58)70-66(60)42-50/h1-42H. The van der Waals surface area contributed by atoms with E-state index in [1.54, 1.807) is 0 Å². The van der Waals surface area contributed by atoms with Crippen LogP contribution in [0.15, 0.2) is 264 Å². The lowest BCUT2D eigenvalue weighted by Crippen LogP contribution is -2.10. The van der Waals surface area contributed by atoms with Gasteiger partial charge in [-0.25, -0.2) is 0 Å². The van der Waals surface area contributed by atoms with Gasteiger partial charge in [-0.3, -0.25) is 0 Å². The van der Waals surface area contributed by atoms with Crippen LogP contribution in [0.2, 0.25) is 0 Å². The summed E-state index contributed by atoms with van der Waals surface area (Å²) in [6.07, 6.45) is 0. The van der Waals surface area contributed by atoms with Gasteiger partial charge in [-0.05, 0) is 142 Å². The number of furan rings is 2. The van der Waals surface area contributed by atoms with E-state index in [1.165, 1.54) is 21.8 Å². The summed E-state index contributed by atoms with van der Waals surface area (Å²) >= 11 is 0. The minimum atomic E-state index is 0.905. The van der Waals surface area contributed by atoms with Gasteiger partial charge in [-0.1, -0.05) is 158 Å². The number of para-hydroxylation sites is 4. The normalized spacial score (nSPS) is 11.7. The predicted octanol–water partition coefficient (Wildman–Crippen LogP) is 18.7. The molecule has 0 fully saturated rings. The zero-order valence-corrected chi connectivity index (χ0v) is 38.0. The van der Waals surface area contributed by atoms with E-state index in [9.17, 15) is 0 Å². The molecule has 0 atom stereocenters. The second kappa shape index (κ2) is 16.2. The molecule has 4 heteroatoms. The molecule has 4 nitrogen and oxygen atoms in total. The minimum Gasteiger partial charge on any atom is -0.456 e. The quantitative estimate of drug-likeness (QED) is 0.152. The van der Waals surface area contributed by atoms with Crippen LogP contribution < -0.4 is 4.90 Å². The Morgan fingerprint density at radius 3 is 0.957 bits per heavy atom. The van der Waals surface area contributed by atoms with Crippen molar-refractivity contribution in [2.24, 2.45) is 0 Å². The zero-order valence-electron chi connectivity index (χ0n) is 38.0. The molecule has 0 N–H and O–H groups in total. The highest BCUT2D eigenvalue weighted by atomic mass is 16.3. The lowest BCUT2D eigenvalue weighted by Gasteiger charge is -2.26. The summed E-state index contributed by atoms with van der Waals surface area (Å²) in [7, 11) is 0. The second-order valence-corrected chi connectivity index (χ2v) is 18.1. The zero-order chi connectivity index (χ0) is 46.1.